The molecule has 0 saturated heterocycles. The standard InChI is InChI=1S/C24H25N3O6S/c1-15(2)22(27-34(31,32)20-11-4-16(3)5-12-20)23(28)26-25-14-19-10-13-21(33-19)17-6-8-18(9-7-17)24(29)30/h4-15,22,27H,1-3H3,(H,26,28)(H,29,30)/b25-14-/t22-/m1/s1. The predicted octanol–water partition coefficient (Wildman–Crippen LogP) is 3.41. The lowest BCUT2D eigenvalue weighted by molar-refractivity contribution is -0.123. The van der Waals surface area contributed by atoms with E-state index in [-0.39, 0.29) is 16.4 Å². The van der Waals surface area contributed by atoms with Crippen LogP contribution in [0.1, 0.15) is 35.5 Å². The van der Waals surface area contributed by atoms with E-state index in [1.807, 2.05) is 6.92 Å². The number of carboxylic acid groups (broad SMARTS) is 1. The quantitative estimate of drug-likeness (QED) is 0.315. The molecular weight excluding hydrogens is 458 g/mol. The summed E-state index contributed by atoms with van der Waals surface area (Å²) in [6.45, 7) is 5.29. The van der Waals surface area contributed by atoms with Crippen LogP contribution >= 0.6 is 0 Å². The monoisotopic (exact) mass is 483 g/mol. The zero-order valence-electron chi connectivity index (χ0n) is 18.8. The summed E-state index contributed by atoms with van der Waals surface area (Å²) in [6.07, 6.45) is 1.29. The van der Waals surface area contributed by atoms with Crippen LogP contribution in [0, 0.1) is 12.8 Å². The number of benzene rings is 2. The maximum absolute atomic E-state index is 12.7. The van der Waals surface area contributed by atoms with Gasteiger partial charge in [0.2, 0.25) is 10.0 Å². The molecule has 0 aliphatic carbocycles. The molecule has 178 valence electrons. The van der Waals surface area contributed by atoms with E-state index in [4.69, 9.17) is 9.52 Å². The second-order valence-electron chi connectivity index (χ2n) is 7.97. The number of hydrogen-bond acceptors (Lipinski definition) is 6. The first-order valence-corrected chi connectivity index (χ1v) is 11.9. The summed E-state index contributed by atoms with van der Waals surface area (Å²) in [5, 5.41) is 12.9. The van der Waals surface area contributed by atoms with Crippen molar-refractivity contribution in [2.75, 3.05) is 0 Å². The lowest BCUT2D eigenvalue weighted by Gasteiger charge is -2.20. The van der Waals surface area contributed by atoms with Crippen molar-refractivity contribution in [1.82, 2.24) is 10.1 Å². The fourth-order valence-electron chi connectivity index (χ4n) is 3.03. The number of carbonyl (C=O) groups is 2. The summed E-state index contributed by atoms with van der Waals surface area (Å²) in [5.74, 6) is -1.12. The number of rotatable bonds is 9. The zero-order chi connectivity index (χ0) is 24.9. The van der Waals surface area contributed by atoms with Crippen LogP contribution in [-0.4, -0.2) is 37.7 Å². The molecule has 0 aliphatic heterocycles. The van der Waals surface area contributed by atoms with Gasteiger partial charge in [0.05, 0.1) is 16.7 Å². The number of hydrogen-bond donors (Lipinski definition) is 3. The molecule has 0 spiro atoms. The third kappa shape index (κ3) is 6.18. The molecular formula is C24H25N3O6S. The first-order chi connectivity index (χ1) is 16.1. The summed E-state index contributed by atoms with van der Waals surface area (Å²) < 4.78 is 33.4. The number of nitrogens with zero attached hydrogens (tertiary/aromatic N) is 1. The van der Waals surface area contributed by atoms with Gasteiger partial charge in [0.15, 0.2) is 0 Å². The molecule has 0 radical (unpaired) electrons. The van der Waals surface area contributed by atoms with Crippen LogP contribution in [0.5, 0.6) is 0 Å². The average Bonchev–Trinajstić information content (AvgIpc) is 3.26. The van der Waals surface area contributed by atoms with Crippen molar-refractivity contribution in [3.05, 3.63) is 77.6 Å². The lowest BCUT2D eigenvalue weighted by atomic mass is 10.1. The highest BCUT2D eigenvalue weighted by atomic mass is 32.2. The van der Waals surface area contributed by atoms with Crippen molar-refractivity contribution in [2.24, 2.45) is 11.0 Å². The summed E-state index contributed by atoms with van der Waals surface area (Å²) >= 11 is 0. The molecule has 1 aromatic heterocycles. The second kappa shape index (κ2) is 10.4. The highest BCUT2D eigenvalue weighted by Gasteiger charge is 2.28. The molecule has 0 fully saturated rings. The number of aryl methyl sites for hydroxylation is 1. The van der Waals surface area contributed by atoms with E-state index in [2.05, 4.69) is 15.2 Å². The van der Waals surface area contributed by atoms with Crippen LogP contribution < -0.4 is 10.1 Å². The molecule has 1 heterocycles. The fraction of sp³-hybridized carbons (Fsp3) is 0.208. The van der Waals surface area contributed by atoms with E-state index in [0.717, 1.165) is 5.56 Å². The Kier molecular flexibility index (Phi) is 7.64. The van der Waals surface area contributed by atoms with Gasteiger partial charge in [0.1, 0.15) is 17.6 Å². The smallest absolute Gasteiger partial charge is 0.335 e. The van der Waals surface area contributed by atoms with E-state index < -0.39 is 27.9 Å². The normalized spacial score (nSPS) is 12.7. The Balaban J connectivity index is 1.65. The molecule has 1 atom stereocenters. The first-order valence-electron chi connectivity index (χ1n) is 10.4. The zero-order valence-corrected chi connectivity index (χ0v) is 19.7. The minimum atomic E-state index is -3.90. The number of aromatic carboxylic acids is 1. The van der Waals surface area contributed by atoms with E-state index >= 15 is 0 Å². The van der Waals surface area contributed by atoms with E-state index in [1.54, 1.807) is 50.2 Å². The number of hydrazone groups is 1. The largest absolute Gasteiger partial charge is 0.478 e. The maximum Gasteiger partial charge on any atom is 0.335 e. The maximum atomic E-state index is 12.7. The summed E-state index contributed by atoms with van der Waals surface area (Å²) in [4.78, 5) is 23.7. The third-order valence-electron chi connectivity index (χ3n) is 4.97. The number of sulfonamides is 1. The van der Waals surface area contributed by atoms with Crippen LogP contribution in [0.3, 0.4) is 0 Å². The van der Waals surface area contributed by atoms with Crippen LogP contribution in [0.4, 0.5) is 0 Å². The highest BCUT2D eigenvalue weighted by Crippen LogP contribution is 2.22. The molecule has 3 N–H and O–H groups in total. The van der Waals surface area contributed by atoms with Crippen molar-refractivity contribution in [3.8, 4) is 11.3 Å². The second-order valence-corrected chi connectivity index (χ2v) is 9.69. The Morgan fingerprint density at radius 1 is 1.00 bits per heavy atom. The van der Waals surface area contributed by atoms with Crippen LogP contribution in [0.2, 0.25) is 0 Å². The Bertz CT molecular complexity index is 1290. The topological polar surface area (TPSA) is 138 Å². The lowest BCUT2D eigenvalue weighted by Crippen LogP contribution is -2.48. The SMILES string of the molecule is Cc1ccc(S(=O)(=O)N[C@@H](C(=O)N/N=C\c2ccc(-c3ccc(C(=O)O)cc3)o2)C(C)C)cc1. The van der Waals surface area contributed by atoms with Crippen LogP contribution in [0.25, 0.3) is 11.3 Å². The van der Waals surface area contributed by atoms with Crippen LogP contribution in [-0.2, 0) is 14.8 Å². The van der Waals surface area contributed by atoms with Crippen molar-refractivity contribution in [2.45, 2.75) is 31.7 Å². The number of carboxylic acids is 1. The van der Waals surface area contributed by atoms with Crippen molar-refractivity contribution < 1.29 is 27.5 Å². The Hall–Kier alpha value is -3.76. The number of carbonyl (C=O) groups excluding carboxylic acids is 1. The van der Waals surface area contributed by atoms with E-state index in [9.17, 15) is 18.0 Å². The first kappa shape index (κ1) is 24.9. The summed E-state index contributed by atoms with van der Waals surface area (Å²) in [6, 6.07) is 14.8. The van der Waals surface area contributed by atoms with Gasteiger partial charge in [-0.1, -0.05) is 43.7 Å². The molecule has 1 amide bonds. The summed E-state index contributed by atoms with van der Waals surface area (Å²) in [7, 11) is -3.90. The molecule has 2 aromatic carbocycles. The molecule has 34 heavy (non-hydrogen) atoms. The molecule has 0 saturated carbocycles. The molecule has 3 aromatic rings. The molecule has 3 rings (SSSR count). The number of furan rings is 1. The predicted molar refractivity (Wildman–Crippen MR) is 127 cm³/mol. The van der Waals surface area contributed by atoms with Gasteiger partial charge in [-0.3, -0.25) is 4.79 Å². The minimum absolute atomic E-state index is 0.0690. The third-order valence-corrected chi connectivity index (χ3v) is 6.43. The number of nitrogens with one attached hydrogen (secondary N) is 2. The van der Waals surface area contributed by atoms with Gasteiger partial charge < -0.3 is 9.52 Å². The van der Waals surface area contributed by atoms with Gasteiger partial charge in [-0.25, -0.2) is 18.6 Å². The highest BCUT2D eigenvalue weighted by molar-refractivity contribution is 7.89. The summed E-state index contributed by atoms with van der Waals surface area (Å²) in [5.41, 5.74) is 4.11. The Morgan fingerprint density at radius 3 is 2.24 bits per heavy atom. The molecule has 0 aliphatic rings. The van der Waals surface area contributed by atoms with Gasteiger partial charge in [-0.05, 0) is 49.2 Å². The molecule has 0 bridgehead atoms. The van der Waals surface area contributed by atoms with Crippen molar-refractivity contribution in [3.63, 3.8) is 0 Å². The average molecular weight is 484 g/mol. The van der Waals surface area contributed by atoms with Gasteiger partial charge in [0.25, 0.3) is 5.91 Å². The van der Waals surface area contributed by atoms with Gasteiger partial charge in [-0.2, -0.15) is 9.82 Å². The number of amides is 1. The van der Waals surface area contributed by atoms with E-state index in [1.165, 1.54) is 30.5 Å². The van der Waals surface area contributed by atoms with Gasteiger partial charge in [-0.15, -0.1) is 0 Å². The molecule has 0 unspecified atom stereocenters. The Morgan fingerprint density at radius 2 is 1.65 bits per heavy atom. The van der Waals surface area contributed by atoms with Crippen LogP contribution in [0.15, 0.2) is 75.1 Å². The van der Waals surface area contributed by atoms with Crippen molar-refractivity contribution in [1.29, 1.82) is 0 Å². The van der Waals surface area contributed by atoms with E-state index in [0.29, 0.717) is 17.1 Å². The minimum Gasteiger partial charge on any atom is -0.478 e. The Labute approximate surface area is 197 Å². The molecule has 9 nitrogen and oxygen atoms in total. The van der Waals surface area contributed by atoms with Gasteiger partial charge in [0, 0.05) is 5.56 Å². The molecule has 10 heteroatoms. The van der Waals surface area contributed by atoms with Gasteiger partial charge >= 0.3 is 5.97 Å². The van der Waals surface area contributed by atoms with Crippen molar-refractivity contribution >= 4 is 28.1 Å². The fourth-order valence-corrected chi connectivity index (χ4v) is 4.37.